The number of benzene rings is 2. The molecule has 8 nitrogen and oxygen atoms in total. The highest BCUT2D eigenvalue weighted by Crippen LogP contribution is 2.43. The Labute approximate surface area is 207 Å². The summed E-state index contributed by atoms with van der Waals surface area (Å²) in [6.45, 7) is 9.57. The van der Waals surface area contributed by atoms with E-state index in [2.05, 4.69) is 9.88 Å². The molecule has 1 aliphatic rings. The Kier molecular flexibility index (Phi) is 5.56. The molecule has 3 N–H and O–H groups in total. The van der Waals surface area contributed by atoms with Crippen molar-refractivity contribution in [1.82, 2.24) is 4.98 Å². The van der Waals surface area contributed by atoms with Crippen LogP contribution in [0.1, 0.15) is 42.0 Å². The van der Waals surface area contributed by atoms with Gasteiger partial charge >= 0.3 is 5.63 Å². The standard InChI is InChI=1S/C28H26N4O4/c1-5-32(6-2)16-7-8-17-22(11-16)35-28(34)24-23(20(13-29)26(30)36-25(17)24)19-12-18-15(4)9-14(3)10-21(18)31-27(19)33/h7-12,23H,5-6,30H2,1-4H3,(H,31,33)/t23-/m1/s1. The van der Waals surface area contributed by atoms with Crippen molar-refractivity contribution in [3.05, 3.63) is 90.9 Å². The number of nitrogens with zero attached hydrogens (tertiary/aromatic N) is 2. The van der Waals surface area contributed by atoms with Crippen LogP contribution in [0.25, 0.3) is 21.9 Å². The predicted molar refractivity (Wildman–Crippen MR) is 139 cm³/mol. The fraction of sp³-hybridized carbons (Fsp3) is 0.250. The summed E-state index contributed by atoms with van der Waals surface area (Å²) in [7, 11) is 0. The van der Waals surface area contributed by atoms with Gasteiger partial charge in [0, 0.05) is 41.3 Å². The number of H-pyrrole nitrogens is 1. The fourth-order valence-corrected chi connectivity index (χ4v) is 5.11. The topological polar surface area (TPSA) is 125 Å². The number of nitrogens with two attached hydrogens (primary N) is 1. The Morgan fingerprint density at radius 2 is 1.83 bits per heavy atom. The van der Waals surface area contributed by atoms with Crippen molar-refractivity contribution in [2.75, 3.05) is 18.0 Å². The summed E-state index contributed by atoms with van der Waals surface area (Å²) < 4.78 is 11.6. The molecule has 0 saturated carbocycles. The minimum Gasteiger partial charge on any atom is -0.439 e. The minimum atomic E-state index is -1.03. The molecule has 0 saturated heterocycles. The molecule has 182 valence electrons. The van der Waals surface area contributed by atoms with Crippen LogP contribution in [0.4, 0.5) is 5.69 Å². The first-order valence-corrected chi connectivity index (χ1v) is 11.8. The summed E-state index contributed by atoms with van der Waals surface area (Å²) in [5.74, 6) is -0.973. The number of allylic oxidation sites excluding steroid dienone is 1. The molecule has 1 aliphatic heterocycles. The van der Waals surface area contributed by atoms with Gasteiger partial charge in [-0.2, -0.15) is 5.26 Å². The van der Waals surface area contributed by atoms with Gasteiger partial charge in [0.15, 0.2) is 5.75 Å². The number of pyridine rings is 1. The van der Waals surface area contributed by atoms with Crippen molar-refractivity contribution in [3.63, 3.8) is 0 Å². The Morgan fingerprint density at radius 1 is 1.08 bits per heavy atom. The van der Waals surface area contributed by atoms with Crippen LogP contribution in [-0.2, 0) is 0 Å². The van der Waals surface area contributed by atoms with Crippen LogP contribution in [0.5, 0.6) is 5.75 Å². The van der Waals surface area contributed by atoms with E-state index in [9.17, 15) is 14.9 Å². The number of aromatic amines is 1. The van der Waals surface area contributed by atoms with Crippen molar-refractivity contribution in [2.24, 2.45) is 5.73 Å². The number of nitriles is 1. The molecule has 2 aromatic heterocycles. The molecule has 4 aromatic rings. The van der Waals surface area contributed by atoms with Gasteiger partial charge < -0.3 is 24.8 Å². The molecule has 1 atom stereocenters. The van der Waals surface area contributed by atoms with Crippen molar-refractivity contribution in [1.29, 1.82) is 5.26 Å². The number of rotatable bonds is 4. The molecule has 0 aliphatic carbocycles. The molecule has 0 unspecified atom stereocenters. The van der Waals surface area contributed by atoms with Crippen LogP contribution in [0.2, 0.25) is 0 Å². The Bertz CT molecular complexity index is 1740. The van der Waals surface area contributed by atoms with Crippen LogP contribution < -0.4 is 26.6 Å². The number of ether oxygens (including phenoxy) is 1. The van der Waals surface area contributed by atoms with E-state index < -0.39 is 17.1 Å². The molecule has 0 fully saturated rings. The first-order chi connectivity index (χ1) is 17.3. The highest BCUT2D eigenvalue weighted by Gasteiger charge is 2.37. The molecule has 36 heavy (non-hydrogen) atoms. The highest BCUT2D eigenvalue weighted by molar-refractivity contribution is 5.89. The van der Waals surface area contributed by atoms with Crippen molar-refractivity contribution in [3.8, 4) is 11.8 Å². The maximum absolute atomic E-state index is 13.4. The van der Waals surface area contributed by atoms with E-state index in [-0.39, 0.29) is 28.3 Å². The Morgan fingerprint density at radius 3 is 2.53 bits per heavy atom. The zero-order valence-corrected chi connectivity index (χ0v) is 20.6. The first-order valence-electron chi connectivity index (χ1n) is 11.8. The van der Waals surface area contributed by atoms with E-state index in [4.69, 9.17) is 14.9 Å². The second-order valence-electron chi connectivity index (χ2n) is 9.01. The SMILES string of the molecule is CCN(CC)c1ccc2c3c(c(=O)oc2c1)[C@H](c1cc2c(C)cc(C)cc2[nH]c1=O)C(C#N)=C(N)O3. The third-order valence-corrected chi connectivity index (χ3v) is 6.83. The van der Waals surface area contributed by atoms with Gasteiger partial charge in [0.1, 0.15) is 17.2 Å². The van der Waals surface area contributed by atoms with E-state index >= 15 is 0 Å². The monoisotopic (exact) mass is 482 g/mol. The molecule has 2 aromatic carbocycles. The summed E-state index contributed by atoms with van der Waals surface area (Å²) >= 11 is 0. The predicted octanol–water partition coefficient (Wildman–Crippen LogP) is 4.32. The lowest BCUT2D eigenvalue weighted by atomic mass is 9.83. The number of nitrogens with one attached hydrogen (secondary N) is 1. The van der Waals surface area contributed by atoms with E-state index in [1.54, 1.807) is 12.1 Å². The first kappa shape index (κ1) is 23.2. The molecule has 0 bridgehead atoms. The van der Waals surface area contributed by atoms with Crippen molar-refractivity contribution in [2.45, 2.75) is 33.6 Å². The van der Waals surface area contributed by atoms with E-state index in [1.807, 2.05) is 58.0 Å². The van der Waals surface area contributed by atoms with E-state index in [0.717, 1.165) is 35.3 Å². The summed E-state index contributed by atoms with van der Waals surface area (Å²) in [6, 6.07) is 13.2. The second-order valence-corrected chi connectivity index (χ2v) is 9.01. The van der Waals surface area contributed by atoms with E-state index in [0.29, 0.717) is 16.5 Å². The lowest BCUT2D eigenvalue weighted by Gasteiger charge is -2.26. The van der Waals surface area contributed by atoms with Crippen LogP contribution in [0.15, 0.2) is 61.9 Å². The van der Waals surface area contributed by atoms with Crippen LogP contribution in [0, 0.1) is 25.2 Å². The molecule has 0 radical (unpaired) electrons. The molecule has 8 heteroatoms. The normalized spacial score (nSPS) is 15.0. The Hall–Kier alpha value is -4.51. The van der Waals surface area contributed by atoms with Crippen molar-refractivity contribution >= 4 is 27.6 Å². The molecule has 0 amide bonds. The van der Waals surface area contributed by atoms with Crippen LogP contribution in [0.3, 0.4) is 0 Å². The highest BCUT2D eigenvalue weighted by atomic mass is 16.5. The fourth-order valence-electron chi connectivity index (χ4n) is 5.11. The van der Waals surface area contributed by atoms with Gasteiger partial charge in [-0.1, -0.05) is 6.07 Å². The third-order valence-electron chi connectivity index (χ3n) is 6.83. The van der Waals surface area contributed by atoms with Gasteiger partial charge in [0.25, 0.3) is 5.56 Å². The summed E-state index contributed by atoms with van der Waals surface area (Å²) in [6.07, 6.45) is 0. The largest absolute Gasteiger partial charge is 0.439 e. The van der Waals surface area contributed by atoms with Crippen LogP contribution >= 0.6 is 0 Å². The average molecular weight is 483 g/mol. The maximum atomic E-state index is 13.4. The zero-order valence-electron chi connectivity index (χ0n) is 20.6. The van der Waals surface area contributed by atoms with Crippen molar-refractivity contribution < 1.29 is 9.15 Å². The quantitative estimate of drug-likeness (QED) is 0.415. The lowest BCUT2D eigenvalue weighted by molar-refractivity contribution is 0.388. The smallest absolute Gasteiger partial charge is 0.344 e. The number of hydrogen-bond donors (Lipinski definition) is 2. The minimum absolute atomic E-state index is 0.0106. The number of anilines is 1. The van der Waals surface area contributed by atoms with Gasteiger partial charge in [-0.15, -0.1) is 0 Å². The van der Waals surface area contributed by atoms with Gasteiger partial charge in [0.2, 0.25) is 5.88 Å². The number of aromatic nitrogens is 1. The van der Waals surface area contributed by atoms with Gasteiger partial charge in [0.05, 0.1) is 16.9 Å². The zero-order chi connectivity index (χ0) is 25.7. The summed E-state index contributed by atoms with van der Waals surface area (Å²) in [4.78, 5) is 31.7. The summed E-state index contributed by atoms with van der Waals surface area (Å²) in [5, 5.41) is 11.3. The molecular weight excluding hydrogens is 456 g/mol. The molecule has 3 heterocycles. The molecular formula is C28H26N4O4. The van der Waals surface area contributed by atoms with E-state index in [1.165, 1.54) is 0 Å². The van der Waals surface area contributed by atoms with Gasteiger partial charge in [-0.25, -0.2) is 4.79 Å². The van der Waals surface area contributed by atoms with Gasteiger partial charge in [-0.05, 0) is 63.1 Å². The summed E-state index contributed by atoms with van der Waals surface area (Å²) in [5.41, 5.74) is 9.29. The maximum Gasteiger partial charge on any atom is 0.344 e. The number of hydrogen-bond acceptors (Lipinski definition) is 7. The molecule has 0 spiro atoms. The molecule has 5 rings (SSSR count). The van der Waals surface area contributed by atoms with Crippen LogP contribution in [-0.4, -0.2) is 18.1 Å². The Balaban J connectivity index is 1.81. The number of fused-ring (bicyclic) bond motifs is 4. The third kappa shape index (κ3) is 3.52. The average Bonchev–Trinajstić information content (AvgIpc) is 2.83. The van der Waals surface area contributed by atoms with Gasteiger partial charge in [-0.3, -0.25) is 4.79 Å². The second kappa shape index (κ2) is 8.61. The lowest BCUT2D eigenvalue weighted by Crippen LogP contribution is -2.29. The number of aryl methyl sites for hydroxylation is 2.